The second-order valence-corrected chi connectivity index (χ2v) is 10.1. The van der Waals surface area contributed by atoms with E-state index in [1.165, 1.54) is 41.5 Å². The highest BCUT2D eigenvalue weighted by molar-refractivity contribution is 8.03. The molecule has 2 aliphatic carbocycles. The van der Waals surface area contributed by atoms with Crippen LogP contribution in [0.3, 0.4) is 0 Å². The van der Waals surface area contributed by atoms with Crippen molar-refractivity contribution in [3.8, 4) is 0 Å². The van der Waals surface area contributed by atoms with Crippen LogP contribution in [0.25, 0.3) is 12.2 Å². The quantitative estimate of drug-likeness (QED) is 0.462. The van der Waals surface area contributed by atoms with Gasteiger partial charge >= 0.3 is 0 Å². The van der Waals surface area contributed by atoms with Gasteiger partial charge in [-0.25, -0.2) is 0 Å². The number of benzene rings is 2. The van der Waals surface area contributed by atoms with Gasteiger partial charge in [0.1, 0.15) is 0 Å². The molecule has 0 radical (unpaired) electrons. The van der Waals surface area contributed by atoms with E-state index in [0.29, 0.717) is 0 Å². The molecule has 2 aliphatic rings. The average Bonchev–Trinajstić information content (AvgIpc) is 3.33. The molecular formula is C25H28S2. The van der Waals surface area contributed by atoms with Crippen LogP contribution in [-0.2, 0) is 11.5 Å². The van der Waals surface area contributed by atoms with E-state index in [1.54, 1.807) is 0 Å². The summed E-state index contributed by atoms with van der Waals surface area (Å²) in [6.07, 6.45) is 8.19. The zero-order valence-corrected chi connectivity index (χ0v) is 17.5. The molecule has 2 aromatic rings. The highest BCUT2D eigenvalue weighted by atomic mass is 32.2. The first kappa shape index (κ1) is 19.0. The predicted octanol–water partition coefficient (Wildman–Crippen LogP) is 7.31. The Morgan fingerprint density at radius 1 is 0.704 bits per heavy atom. The first-order chi connectivity index (χ1) is 13.3. The van der Waals surface area contributed by atoms with Crippen molar-refractivity contribution in [2.45, 2.75) is 41.3 Å². The van der Waals surface area contributed by atoms with Crippen molar-refractivity contribution in [3.63, 3.8) is 0 Å². The molecule has 0 aliphatic heterocycles. The maximum Gasteiger partial charge on any atom is 0.0200 e. The van der Waals surface area contributed by atoms with E-state index in [9.17, 15) is 0 Å². The molecule has 2 aromatic carbocycles. The summed E-state index contributed by atoms with van der Waals surface area (Å²) in [5.74, 6) is 4.15. The van der Waals surface area contributed by atoms with Crippen molar-refractivity contribution < 1.29 is 0 Å². The molecule has 0 saturated heterocycles. The Morgan fingerprint density at radius 3 is 1.48 bits per heavy atom. The van der Waals surface area contributed by atoms with Gasteiger partial charge in [-0.2, -0.15) is 23.5 Å². The average molecular weight is 393 g/mol. The van der Waals surface area contributed by atoms with Crippen molar-refractivity contribution in [2.75, 3.05) is 0 Å². The lowest BCUT2D eigenvalue weighted by Gasteiger charge is -2.30. The molecule has 2 saturated carbocycles. The highest BCUT2D eigenvalue weighted by Gasteiger charge is 2.47. The van der Waals surface area contributed by atoms with Gasteiger partial charge in [-0.3, -0.25) is 0 Å². The predicted molar refractivity (Wildman–Crippen MR) is 124 cm³/mol. The van der Waals surface area contributed by atoms with Crippen LogP contribution in [0.4, 0.5) is 0 Å². The fraction of sp³-hybridized carbons (Fsp3) is 0.360. The van der Waals surface area contributed by atoms with E-state index < -0.39 is 0 Å². The highest BCUT2D eigenvalue weighted by Crippen LogP contribution is 2.54. The molecule has 4 atom stereocenters. The molecule has 0 aromatic heterocycles. The smallest absolute Gasteiger partial charge is 0.0200 e. The summed E-state index contributed by atoms with van der Waals surface area (Å²) in [7, 11) is 0. The van der Waals surface area contributed by atoms with Crippen LogP contribution in [0.1, 0.15) is 41.5 Å². The third-order valence-corrected chi connectivity index (χ3v) is 9.38. The lowest BCUT2D eigenvalue weighted by molar-refractivity contribution is 0.503. The Hall–Kier alpha value is -1.38. The molecule has 2 fully saturated rings. The zero-order chi connectivity index (χ0) is 18.6. The molecule has 0 N–H and O–H groups in total. The summed E-state index contributed by atoms with van der Waals surface area (Å²) in [5, 5.41) is 1.64. The van der Waals surface area contributed by atoms with Gasteiger partial charge in [0.15, 0.2) is 0 Å². The molecule has 2 bridgehead atoms. The molecule has 0 amide bonds. The number of fused-ring (bicyclic) bond motifs is 2. The summed E-state index contributed by atoms with van der Waals surface area (Å²) in [5.41, 5.74) is 5.30. The minimum Gasteiger partial charge on any atom is -0.152 e. The van der Waals surface area contributed by atoms with E-state index in [0.717, 1.165) is 33.8 Å². The minimum absolute atomic E-state index is 0.820. The van der Waals surface area contributed by atoms with Crippen LogP contribution in [0.2, 0.25) is 0 Å². The van der Waals surface area contributed by atoms with E-state index in [1.807, 2.05) is 12.2 Å². The first-order valence-electron chi connectivity index (χ1n) is 9.93. The van der Waals surface area contributed by atoms with Crippen molar-refractivity contribution in [3.05, 3.63) is 83.9 Å². The Kier molecular flexibility index (Phi) is 6.14. The topological polar surface area (TPSA) is 0 Å². The van der Waals surface area contributed by atoms with Crippen molar-refractivity contribution in [1.29, 1.82) is 0 Å². The standard InChI is InChI=1S/C25H28S2/c1-3-18-5-9-20(10-6-18)16-26-24-22-13-14-23(15-22)25(24)27-17-21-11-7-19(4-2)8-12-21/h3-12,22-25H,1-2,13-17H2. The molecule has 0 nitrogen and oxygen atoms in total. The second kappa shape index (κ2) is 8.75. The van der Waals surface area contributed by atoms with Crippen LogP contribution in [0.15, 0.2) is 61.7 Å². The van der Waals surface area contributed by atoms with Crippen LogP contribution < -0.4 is 0 Å². The third-order valence-electron chi connectivity index (χ3n) is 6.08. The molecular weight excluding hydrogens is 364 g/mol. The molecule has 27 heavy (non-hydrogen) atoms. The summed E-state index contributed by atoms with van der Waals surface area (Å²) >= 11 is 4.41. The van der Waals surface area contributed by atoms with Gasteiger partial charge in [0.2, 0.25) is 0 Å². The SMILES string of the molecule is C=Cc1ccc(CSC2C3CCC(C3)C2SCc2ccc(C=C)cc2)cc1. The Balaban J connectivity index is 1.36. The van der Waals surface area contributed by atoms with E-state index in [4.69, 9.17) is 0 Å². The molecule has 0 heterocycles. The Morgan fingerprint density at radius 2 is 1.11 bits per heavy atom. The van der Waals surface area contributed by atoms with Gasteiger partial charge in [0.25, 0.3) is 0 Å². The minimum atomic E-state index is 0.820. The van der Waals surface area contributed by atoms with Gasteiger partial charge in [-0.05, 0) is 53.4 Å². The van der Waals surface area contributed by atoms with E-state index >= 15 is 0 Å². The van der Waals surface area contributed by atoms with Gasteiger partial charge in [0, 0.05) is 22.0 Å². The van der Waals surface area contributed by atoms with Crippen molar-refractivity contribution in [1.82, 2.24) is 0 Å². The van der Waals surface area contributed by atoms with Crippen molar-refractivity contribution in [2.24, 2.45) is 11.8 Å². The Bertz CT molecular complexity index is 707. The maximum atomic E-state index is 3.85. The van der Waals surface area contributed by atoms with Crippen LogP contribution in [-0.4, -0.2) is 10.5 Å². The van der Waals surface area contributed by atoms with Crippen LogP contribution in [0.5, 0.6) is 0 Å². The van der Waals surface area contributed by atoms with Gasteiger partial charge in [-0.15, -0.1) is 0 Å². The molecule has 0 spiro atoms. The Labute approximate surface area is 172 Å². The van der Waals surface area contributed by atoms with Crippen LogP contribution in [0, 0.1) is 11.8 Å². The number of hydrogen-bond acceptors (Lipinski definition) is 2. The monoisotopic (exact) mass is 392 g/mol. The van der Waals surface area contributed by atoms with E-state index in [2.05, 4.69) is 85.2 Å². The third kappa shape index (κ3) is 4.38. The normalized spacial score (nSPS) is 26.2. The summed E-state index contributed by atoms with van der Waals surface area (Å²) < 4.78 is 0. The van der Waals surface area contributed by atoms with Gasteiger partial charge in [-0.1, -0.05) is 73.8 Å². The lowest BCUT2D eigenvalue weighted by atomic mass is 10.00. The van der Waals surface area contributed by atoms with Crippen LogP contribution >= 0.6 is 23.5 Å². The summed E-state index contributed by atoms with van der Waals surface area (Å²) in [6, 6.07) is 17.8. The fourth-order valence-corrected chi connectivity index (χ4v) is 8.02. The van der Waals surface area contributed by atoms with Gasteiger partial charge in [0.05, 0.1) is 0 Å². The molecule has 4 rings (SSSR count). The summed E-state index contributed by atoms with van der Waals surface area (Å²) in [6.45, 7) is 7.70. The first-order valence-corrected chi connectivity index (χ1v) is 12.0. The van der Waals surface area contributed by atoms with Gasteiger partial charge < -0.3 is 0 Å². The molecule has 140 valence electrons. The fourth-order valence-electron chi connectivity index (χ4n) is 4.53. The largest absolute Gasteiger partial charge is 0.152 e. The second-order valence-electron chi connectivity index (χ2n) is 7.78. The van der Waals surface area contributed by atoms with Crippen molar-refractivity contribution >= 4 is 35.7 Å². The number of thioether (sulfide) groups is 2. The number of rotatable bonds is 8. The molecule has 4 unspecified atom stereocenters. The lowest BCUT2D eigenvalue weighted by Crippen LogP contribution is -2.27. The molecule has 2 heteroatoms. The summed E-state index contributed by atoms with van der Waals surface area (Å²) in [4.78, 5) is 0. The van der Waals surface area contributed by atoms with E-state index in [-0.39, 0.29) is 0 Å². The number of hydrogen-bond donors (Lipinski definition) is 0. The maximum absolute atomic E-state index is 3.85. The zero-order valence-electron chi connectivity index (χ0n) is 15.8.